The van der Waals surface area contributed by atoms with Crippen LogP contribution in [-0.2, 0) is 33.2 Å². The standard InChI is InChI=1S/C41H77N3O12/c1-12-30-40(10,49)34(46)22(2)20-43-23(3)18-38(8,48)35(56-37-32(45)29(42)17-24(4)52-37)25(5)33(26(6)36(47)54-30)55-31-19-39(9,51-11)41(50,27(7)53-31)21-44-28-15-13-14-16-28/h22-35,37,43-46,48-50H,12-21,42H2,1-11H3/t22-,23-,24-,25-,26-,27+,29+,30+,31?,32-,33-,34+,35-,37+,38-,39-,40-,41+/m1/s1. The van der Waals surface area contributed by atoms with Crippen molar-refractivity contribution in [3.05, 3.63) is 0 Å². The summed E-state index contributed by atoms with van der Waals surface area (Å²) >= 11 is 0. The van der Waals surface area contributed by atoms with Gasteiger partial charge in [0.05, 0.1) is 42.0 Å². The number of carbonyl (C=O) groups is 1. The zero-order chi connectivity index (χ0) is 42.0. The van der Waals surface area contributed by atoms with Gasteiger partial charge in [-0.15, -0.1) is 0 Å². The van der Waals surface area contributed by atoms with Crippen LogP contribution in [0.2, 0.25) is 0 Å². The molecule has 3 aliphatic heterocycles. The summed E-state index contributed by atoms with van der Waals surface area (Å²) in [5.74, 6) is -3.00. The van der Waals surface area contributed by atoms with E-state index in [9.17, 15) is 30.3 Å². The molecule has 4 aliphatic rings. The van der Waals surface area contributed by atoms with Crippen LogP contribution < -0.4 is 16.4 Å². The third-order valence-corrected chi connectivity index (χ3v) is 13.6. The summed E-state index contributed by atoms with van der Waals surface area (Å²) in [4.78, 5) is 14.3. The topological polar surface area (TPSA) is 224 Å². The number of cyclic esters (lactones) is 1. The van der Waals surface area contributed by atoms with Gasteiger partial charge in [-0.3, -0.25) is 4.79 Å². The van der Waals surface area contributed by atoms with Crippen LogP contribution in [0.3, 0.4) is 0 Å². The molecule has 1 aliphatic carbocycles. The highest BCUT2D eigenvalue weighted by Crippen LogP contribution is 2.43. The van der Waals surface area contributed by atoms with Gasteiger partial charge in [-0.1, -0.05) is 33.6 Å². The van der Waals surface area contributed by atoms with Crippen molar-refractivity contribution in [3.8, 4) is 0 Å². The number of carbonyl (C=O) groups excluding carboxylic acids is 1. The minimum absolute atomic E-state index is 0.0950. The second kappa shape index (κ2) is 19.1. The first kappa shape index (κ1) is 47.6. The molecule has 1 unspecified atom stereocenters. The Labute approximate surface area is 335 Å². The SMILES string of the molecule is CC[C@@H]1OC(=O)[C@H](C)[C@H](OC2C[C@@](C)(OC)[C@](O)(CNC3CCCC3)[C@H](C)O2)[C@@H](C)[C@@H](O[C@@H]2O[C@H](C)C[C@H](N)[C@H]2O)[C@](C)(O)C[C@@H](C)NC[C@@H](C)[C@H](O)[C@]1(C)O. The molecule has 56 heavy (non-hydrogen) atoms. The molecule has 0 radical (unpaired) electrons. The predicted octanol–water partition coefficient (Wildman–Crippen LogP) is 1.86. The van der Waals surface area contributed by atoms with Gasteiger partial charge in [0, 0.05) is 50.7 Å². The van der Waals surface area contributed by atoms with Crippen molar-refractivity contribution in [2.75, 3.05) is 20.2 Å². The van der Waals surface area contributed by atoms with Crippen LogP contribution in [-0.4, -0.2) is 148 Å². The van der Waals surface area contributed by atoms with Crippen molar-refractivity contribution in [3.63, 3.8) is 0 Å². The molecule has 0 aromatic rings. The third kappa shape index (κ3) is 10.4. The first-order valence-corrected chi connectivity index (χ1v) is 21.1. The van der Waals surface area contributed by atoms with E-state index in [-0.39, 0.29) is 44.5 Å². The molecule has 1 saturated carbocycles. The van der Waals surface area contributed by atoms with Crippen LogP contribution in [0, 0.1) is 17.8 Å². The van der Waals surface area contributed by atoms with E-state index in [0.29, 0.717) is 12.5 Å². The predicted molar refractivity (Wildman–Crippen MR) is 209 cm³/mol. The molecular formula is C41H77N3O12. The van der Waals surface area contributed by atoms with E-state index < -0.39 is 101 Å². The summed E-state index contributed by atoms with van der Waals surface area (Å²) in [6.45, 7) is 18.0. The van der Waals surface area contributed by atoms with E-state index in [2.05, 4.69) is 10.6 Å². The number of methoxy groups -OCH3 is 1. The number of esters is 1. The third-order valence-electron chi connectivity index (χ3n) is 13.6. The minimum atomic E-state index is -1.79. The molecule has 0 aromatic heterocycles. The highest BCUT2D eigenvalue weighted by atomic mass is 16.7. The molecule has 328 valence electrons. The number of ether oxygens (including phenoxy) is 6. The molecule has 0 aromatic carbocycles. The summed E-state index contributed by atoms with van der Waals surface area (Å²) in [6.07, 6.45) is -3.74. The van der Waals surface area contributed by atoms with Gasteiger partial charge in [-0.25, -0.2) is 0 Å². The average Bonchev–Trinajstić information content (AvgIpc) is 3.66. The maximum Gasteiger partial charge on any atom is 0.311 e. The van der Waals surface area contributed by atoms with Crippen molar-refractivity contribution in [2.45, 2.75) is 216 Å². The van der Waals surface area contributed by atoms with Crippen molar-refractivity contribution < 1.29 is 58.7 Å². The van der Waals surface area contributed by atoms with Crippen LogP contribution in [0.25, 0.3) is 0 Å². The van der Waals surface area contributed by atoms with Gasteiger partial charge in [0.1, 0.15) is 29.0 Å². The largest absolute Gasteiger partial charge is 0.459 e. The molecule has 18 atom stereocenters. The maximum atomic E-state index is 14.3. The number of nitrogens with two attached hydrogens (primary N) is 1. The average molecular weight is 804 g/mol. The summed E-state index contributed by atoms with van der Waals surface area (Å²) in [7, 11) is 1.55. The van der Waals surface area contributed by atoms with Gasteiger partial charge in [0.15, 0.2) is 12.6 Å². The molecule has 15 heteroatoms. The lowest BCUT2D eigenvalue weighted by Crippen LogP contribution is -2.70. The van der Waals surface area contributed by atoms with Crippen LogP contribution >= 0.6 is 0 Å². The summed E-state index contributed by atoms with van der Waals surface area (Å²) in [5, 5.41) is 65.8. The number of rotatable bonds is 9. The minimum Gasteiger partial charge on any atom is -0.459 e. The van der Waals surface area contributed by atoms with Crippen LogP contribution in [0.15, 0.2) is 0 Å². The Bertz CT molecular complexity index is 1260. The molecule has 3 saturated heterocycles. The van der Waals surface area contributed by atoms with Gasteiger partial charge in [0.2, 0.25) is 0 Å². The van der Waals surface area contributed by atoms with Gasteiger partial charge in [-0.2, -0.15) is 0 Å². The number of aliphatic hydroxyl groups excluding tert-OH is 2. The maximum absolute atomic E-state index is 14.3. The fraction of sp³-hybridized carbons (Fsp3) is 0.976. The molecular weight excluding hydrogens is 726 g/mol. The van der Waals surface area contributed by atoms with E-state index in [4.69, 9.17) is 34.2 Å². The summed E-state index contributed by atoms with van der Waals surface area (Å²) < 4.78 is 38.1. The molecule has 15 nitrogen and oxygen atoms in total. The van der Waals surface area contributed by atoms with E-state index >= 15 is 0 Å². The lowest BCUT2D eigenvalue weighted by molar-refractivity contribution is -0.335. The normalized spacial score (nSPS) is 49.6. The van der Waals surface area contributed by atoms with Crippen LogP contribution in [0.4, 0.5) is 0 Å². The number of hydrogen-bond acceptors (Lipinski definition) is 15. The molecule has 4 fully saturated rings. The molecule has 4 rings (SSSR count). The number of aliphatic hydroxyl groups is 5. The Balaban J connectivity index is 1.76. The highest BCUT2D eigenvalue weighted by Gasteiger charge is 2.58. The molecule has 0 spiro atoms. The molecule has 0 amide bonds. The molecule has 9 N–H and O–H groups in total. The van der Waals surface area contributed by atoms with Crippen molar-refractivity contribution in [1.29, 1.82) is 0 Å². The second-order valence-corrected chi connectivity index (χ2v) is 18.5. The van der Waals surface area contributed by atoms with Crippen LogP contribution in [0.5, 0.6) is 0 Å². The first-order valence-electron chi connectivity index (χ1n) is 21.1. The fourth-order valence-electron chi connectivity index (χ4n) is 9.71. The van der Waals surface area contributed by atoms with E-state index in [0.717, 1.165) is 25.7 Å². The van der Waals surface area contributed by atoms with Gasteiger partial charge < -0.3 is 70.3 Å². The van der Waals surface area contributed by atoms with Gasteiger partial charge >= 0.3 is 5.97 Å². The quantitative estimate of drug-likeness (QED) is 0.156. The number of nitrogens with one attached hydrogen (secondary N) is 2. The van der Waals surface area contributed by atoms with E-state index in [1.54, 1.807) is 48.7 Å². The zero-order valence-corrected chi connectivity index (χ0v) is 35.9. The summed E-state index contributed by atoms with van der Waals surface area (Å²) in [6, 6.07) is -0.652. The molecule has 3 heterocycles. The van der Waals surface area contributed by atoms with Crippen molar-refractivity contribution in [1.82, 2.24) is 10.6 Å². The lowest BCUT2D eigenvalue weighted by Gasteiger charge is -2.54. The Morgan fingerprint density at radius 1 is 0.964 bits per heavy atom. The van der Waals surface area contributed by atoms with E-state index in [1.807, 2.05) is 20.8 Å². The first-order chi connectivity index (χ1) is 26.0. The highest BCUT2D eigenvalue weighted by molar-refractivity contribution is 5.73. The van der Waals surface area contributed by atoms with Crippen molar-refractivity contribution >= 4 is 5.97 Å². The monoisotopic (exact) mass is 804 g/mol. The zero-order valence-electron chi connectivity index (χ0n) is 35.9. The summed E-state index contributed by atoms with van der Waals surface area (Å²) in [5.41, 5.74) is 0.333. The van der Waals surface area contributed by atoms with Crippen molar-refractivity contribution in [2.24, 2.45) is 23.5 Å². The molecule has 0 bridgehead atoms. The Morgan fingerprint density at radius 3 is 2.21 bits per heavy atom. The lowest BCUT2D eigenvalue weighted by atomic mass is 9.75. The van der Waals surface area contributed by atoms with E-state index in [1.165, 1.54) is 6.92 Å². The Kier molecular flexibility index (Phi) is 16.3. The van der Waals surface area contributed by atoms with Gasteiger partial charge in [-0.05, 0) is 86.5 Å². The smallest absolute Gasteiger partial charge is 0.311 e. The Hall–Kier alpha value is -1.05. The van der Waals surface area contributed by atoms with Crippen LogP contribution in [0.1, 0.15) is 121 Å². The Morgan fingerprint density at radius 2 is 1.61 bits per heavy atom. The fourth-order valence-corrected chi connectivity index (χ4v) is 9.71. The number of hydrogen-bond donors (Lipinski definition) is 8. The van der Waals surface area contributed by atoms with Gasteiger partial charge in [0.25, 0.3) is 0 Å². The second-order valence-electron chi connectivity index (χ2n) is 18.5.